The quantitative estimate of drug-likeness (QED) is 0.299. The Hall–Kier alpha value is -2.59. The first-order valence-electron chi connectivity index (χ1n) is 11.1. The van der Waals surface area contributed by atoms with Crippen LogP contribution in [0.1, 0.15) is 40.6 Å². The summed E-state index contributed by atoms with van der Waals surface area (Å²) in [5.41, 5.74) is 3.36. The Morgan fingerprint density at radius 1 is 1.06 bits per heavy atom. The molecule has 6 nitrogen and oxygen atoms in total. The summed E-state index contributed by atoms with van der Waals surface area (Å²) in [6, 6.07) is 14.1. The fourth-order valence-electron chi connectivity index (χ4n) is 3.59. The van der Waals surface area contributed by atoms with Gasteiger partial charge in [-0.3, -0.25) is 4.79 Å². The van der Waals surface area contributed by atoms with Gasteiger partial charge in [0.2, 0.25) is 10.0 Å². The van der Waals surface area contributed by atoms with E-state index in [0.29, 0.717) is 12.1 Å². The monoisotopic (exact) mass is 513 g/mol. The van der Waals surface area contributed by atoms with Crippen molar-refractivity contribution in [2.75, 3.05) is 18.9 Å². The molecule has 0 aliphatic rings. The second-order valence-corrected chi connectivity index (χ2v) is 12.4. The number of anilines is 1. The van der Waals surface area contributed by atoms with Gasteiger partial charge in [-0.2, -0.15) is 0 Å². The van der Waals surface area contributed by atoms with E-state index in [1.807, 2.05) is 45.0 Å². The summed E-state index contributed by atoms with van der Waals surface area (Å²) in [5, 5.41) is 4.64. The zero-order valence-electron chi connectivity index (χ0n) is 19.6. The third-order valence-electron chi connectivity index (χ3n) is 5.77. The number of sulfonamides is 1. The van der Waals surface area contributed by atoms with Gasteiger partial charge in [0.05, 0.1) is 15.1 Å². The molecule has 0 saturated heterocycles. The van der Waals surface area contributed by atoms with Gasteiger partial charge in [0, 0.05) is 29.6 Å². The van der Waals surface area contributed by atoms with Crippen molar-refractivity contribution >= 4 is 53.8 Å². The molecule has 0 aliphatic heterocycles. The number of amides is 1. The van der Waals surface area contributed by atoms with Gasteiger partial charge >= 0.3 is 0 Å². The van der Waals surface area contributed by atoms with Crippen LogP contribution in [0.15, 0.2) is 53.4 Å². The molecule has 0 atom stereocenters. The van der Waals surface area contributed by atoms with Crippen LogP contribution in [0, 0.1) is 13.8 Å². The molecular weight excluding hydrogens is 486 g/mol. The highest BCUT2D eigenvalue weighted by Crippen LogP contribution is 2.43. The van der Waals surface area contributed by atoms with Crippen molar-refractivity contribution in [3.05, 3.63) is 64.5 Å². The molecule has 0 unspecified atom stereocenters. The molecule has 1 amide bonds. The Balaban J connectivity index is 1.58. The van der Waals surface area contributed by atoms with E-state index in [2.05, 4.69) is 5.32 Å². The number of thiophene rings is 1. The van der Waals surface area contributed by atoms with Gasteiger partial charge in [-0.1, -0.05) is 25.5 Å². The maximum Gasteiger partial charge on any atom is 0.256 e. The van der Waals surface area contributed by atoms with Gasteiger partial charge < -0.3 is 5.32 Å². The van der Waals surface area contributed by atoms with E-state index in [-0.39, 0.29) is 10.8 Å². The Kier molecular flexibility index (Phi) is 7.18. The van der Waals surface area contributed by atoms with E-state index >= 15 is 0 Å². The topological polar surface area (TPSA) is 79.4 Å². The Labute approximate surface area is 208 Å². The lowest BCUT2D eigenvalue weighted by molar-refractivity contribution is 0.102. The third kappa shape index (κ3) is 4.79. The predicted octanol–water partition coefficient (Wildman–Crippen LogP) is 6.31. The van der Waals surface area contributed by atoms with Crippen LogP contribution >= 0.6 is 22.7 Å². The van der Waals surface area contributed by atoms with Crippen LogP contribution in [-0.4, -0.2) is 37.2 Å². The number of aromatic nitrogens is 1. The first kappa shape index (κ1) is 24.5. The summed E-state index contributed by atoms with van der Waals surface area (Å²) in [4.78, 5) is 19.1. The van der Waals surface area contributed by atoms with E-state index < -0.39 is 10.0 Å². The smallest absolute Gasteiger partial charge is 0.256 e. The zero-order valence-corrected chi connectivity index (χ0v) is 22.0. The molecule has 0 radical (unpaired) electrons. The first-order valence-corrected chi connectivity index (χ1v) is 14.1. The number of carbonyl (C=O) groups is 1. The summed E-state index contributed by atoms with van der Waals surface area (Å²) >= 11 is 3.12. The van der Waals surface area contributed by atoms with Crippen LogP contribution in [-0.2, 0) is 10.0 Å². The highest BCUT2D eigenvalue weighted by molar-refractivity contribution is 7.89. The van der Waals surface area contributed by atoms with Crippen LogP contribution in [0.5, 0.6) is 0 Å². The second kappa shape index (κ2) is 9.95. The average Bonchev–Trinajstić information content (AvgIpc) is 3.37. The maximum atomic E-state index is 13.0. The summed E-state index contributed by atoms with van der Waals surface area (Å²) in [7, 11) is -1.99. The molecule has 4 rings (SSSR count). The minimum atomic E-state index is -3.57. The molecule has 0 saturated carbocycles. The number of fused-ring (bicyclic) bond motifs is 1. The Bertz CT molecular complexity index is 1400. The number of benzene rings is 2. The summed E-state index contributed by atoms with van der Waals surface area (Å²) in [5.74, 6) is -0.285. The normalized spacial score (nSPS) is 11.9. The molecule has 2 aromatic carbocycles. The van der Waals surface area contributed by atoms with Gasteiger partial charge in [-0.15, -0.1) is 22.7 Å². The summed E-state index contributed by atoms with van der Waals surface area (Å²) < 4.78 is 27.9. The predicted molar refractivity (Wildman–Crippen MR) is 142 cm³/mol. The van der Waals surface area contributed by atoms with Gasteiger partial charge in [-0.05, 0) is 62.2 Å². The molecule has 4 aromatic rings. The lowest BCUT2D eigenvalue weighted by atomic mass is 10.1. The lowest BCUT2D eigenvalue weighted by Crippen LogP contribution is -2.28. The maximum absolute atomic E-state index is 13.0. The fourth-order valence-corrected chi connectivity index (χ4v) is 6.99. The van der Waals surface area contributed by atoms with E-state index in [1.54, 1.807) is 30.5 Å². The molecule has 0 bridgehead atoms. The van der Waals surface area contributed by atoms with Gasteiger partial charge in [-0.25, -0.2) is 17.7 Å². The number of unbranched alkanes of at least 4 members (excludes halogenated alkanes) is 1. The average molecular weight is 514 g/mol. The van der Waals surface area contributed by atoms with Crippen molar-refractivity contribution in [1.29, 1.82) is 0 Å². The highest BCUT2D eigenvalue weighted by Gasteiger charge is 2.22. The molecule has 34 heavy (non-hydrogen) atoms. The van der Waals surface area contributed by atoms with Gasteiger partial charge in [0.15, 0.2) is 0 Å². The second-order valence-electron chi connectivity index (χ2n) is 8.13. The van der Waals surface area contributed by atoms with Crippen molar-refractivity contribution in [3.63, 3.8) is 0 Å². The Morgan fingerprint density at radius 3 is 2.44 bits per heavy atom. The van der Waals surface area contributed by atoms with Crippen molar-refractivity contribution in [1.82, 2.24) is 9.29 Å². The number of aryl methyl sites for hydroxylation is 1. The van der Waals surface area contributed by atoms with Crippen LogP contribution in [0.25, 0.3) is 20.8 Å². The van der Waals surface area contributed by atoms with E-state index in [9.17, 15) is 13.2 Å². The van der Waals surface area contributed by atoms with E-state index in [1.165, 1.54) is 27.8 Å². The summed E-state index contributed by atoms with van der Waals surface area (Å²) in [6.07, 6.45) is 1.71. The van der Waals surface area contributed by atoms with Crippen LogP contribution < -0.4 is 5.32 Å². The van der Waals surface area contributed by atoms with E-state index in [0.717, 1.165) is 49.1 Å². The van der Waals surface area contributed by atoms with Crippen molar-refractivity contribution in [3.8, 4) is 10.6 Å². The first-order chi connectivity index (χ1) is 16.2. The lowest BCUT2D eigenvalue weighted by Gasteiger charge is -2.17. The van der Waals surface area contributed by atoms with Gasteiger partial charge in [0.1, 0.15) is 10.0 Å². The molecule has 0 aliphatic carbocycles. The fraction of sp³-hybridized carbons (Fsp3) is 0.280. The molecule has 2 aromatic heterocycles. The SMILES string of the molecule is CCCCN(C)S(=O)(=O)c1ccc(C(=O)Nc2sc(C)c(C)c2-c2nc3ccccc3s2)cc1. The largest absolute Gasteiger partial charge is 0.313 e. The number of para-hydroxylation sites is 1. The number of nitrogens with zero attached hydrogens (tertiary/aromatic N) is 2. The number of rotatable bonds is 8. The number of nitrogens with one attached hydrogen (secondary N) is 1. The molecule has 178 valence electrons. The molecular formula is C25H27N3O3S3. The molecule has 1 N–H and O–H groups in total. The van der Waals surface area contributed by atoms with Crippen LogP contribution in [0.3, 0.4) is 0 Å². The number of hydrogen-bond donors (Lipinski definition) is 1. The Morgan fingerprint density at radius 2 is 1.76 bits per heavy atom. The third-order valence-corrected chi connectivity index (χ3v) is 9.82. The van der Waals surface area contributed by atoms with Crippen molar-refractivity contribution < 1.29 is 13.2 Å². The minimum absolute atomic E-state index is 0.181. The summed E-state index contributed by atoms with van der Waals surface area (Å²) in [6.45, 7) is 6.55. The minimum Gasteiger partial charge on any atom is -0.313 e. The molecule has 9 heteroatoms. The number of carbonyl (C=O) groups excluding carboxylic acids is 1. The highest BCUT2D eigenvalue weighted by atomic mass is 32.2. The van der Waals surface area contributed by atoms with E-state index in [4.69, 9.17) is 4.98 Å². The zero-order chi connectivity index (χ0) is 24.5. The number of thiazole rings is 1. The van der Waals surface area contributed by atoms with Crippen molar-refractivity contribution in [2.45, 2.75) is 38.5 Å². The standard InChI is InChI=1S/C25H27N3O3S3/c1-5-6-15-28(4)34(30,31)19-13-11-18(12-14-19)23(29)27-25-22(16(2)17(3)32-25)24-26-20-9-7-8-10-21(20)33-24/h7-14H,5-6,15H2,1-4H3,(H,27,29). The number of hydrogen-bond acceptors (Lipinski definition) is 6. The van der Waals surface area contributed by atoms with Crippen LogP contribution in [0.2, 0.25) is 0 Å². The van der Waals surface area contributed by atoms with Gasteiger partial charge in [0.25, 0.3) is 5.91 Å². The van der Waals surface area contributed by atoms with Crippen molar-refractivity contribution in [2.24, 2.45) is 0 Å². The van der Waals surface area contributed by atoms with Crippen LogP contribution in [0.4, 0.5) is 5.00 Å². The molecule has 0 fully saturated rings. The molecule has 2 heterocycles. The molecule has 0 spiro atoms.